The van der Waals surface area contributed by atoms with Crippen molar-refractivity contribution in [2.75, 3.05) is 26.4 Å². The standard InChI is InChI=1S/C18H22FNO4S2/c1-2-24-17-4-3-15(11-16(17)19)26(21,22)20-13-18(6-8-23-9-7-18)14-5-10-25-12-14/h3-5,10-12,20H,2,6-9,13H2,1H3. The molecule has 0 aliphatic carbocycles. The molecule has 0 bridgehead atoms. The van der Waals surface area contributed by atoms with E-state index < -0.39 is 15.8 Å². The molecule has 1 N–H and O–H groups in total. The molecule has 2 heterocycles. The van der Waals surface area contributed by atoms with Crippen molar-refractivity contribution in [3.63, 3.8) is 0 Å². The first-order valence-electron chi connectivity index (χ1n) is 8.49. The molecule has 0 amide bonds. The Kier molecular flexibility index (Phi) is 5.96. The molecule has 0 radical (unpaired) electrons. The molecule has 3 rings (SSSR count). The molecule has 1 aliphatic heterocycles. The van der Waals surface area contributed by atoms with Gasteiger partial charge < -0.3 is 9.47 Å². The minimum Gasteiger partial charge on any atom is -0.491 e. The Morgan fingerprint density at radius 3 is 2.69 bits per heavy atom. The van der Waals surface area contributed by atoms with E-state index in [9.17, 15) is 12.8 Å². The molecular weight excluding hydrogens is 377 g/mol. The van der Waals surface area contributed by atoms with Crippen LogP contribution in [0, 0.1) is 5.82 Å². The number of benzene rings is 1. The third-order valence-electron chi connectivity index (χ3n) is 4.70. The molecule has 0 saturated carbocycles. The second kappa shape index (κ2) is 8.04. The highest BCUT2D eigenvalue weighted by Crippen LogP contribution is 2.36. The second-order valence-corrected chi connectivity index (χ2v) is 8.80. The summed E-state index contributed by atoms with van der Waals surface area (Å²) in [6.45, 7) is 3.49. The van der Waals surface area contributed by atoms with Gasteiger partial charge in [0.2, 0.25) is 10.0 Å². The molecule has 1 aromatic heterocycles. The first-order chi connectivity index (χ1) is 12.5. The maximum Gasteiger partial charge on any atom is 0.240 e. The van der Waals surface area contributed by atoms with Crippen LogP contribution in [-0.2, 0) is 20.2 Å². The molecule has 1 fully saturated rings. The van der Waals surface area contributed by atoms with E-state index in [-0.39, 0.29) is 22.6 Å². The molecule has 5 nitrogen and oxygen atoms in total. The number of halogens is 1. The van der Waals surface area contributed by atoms with Crippen LogP contribution in [-0.4, -0.2) is 34.8 Å². The summed E-state index contributed by atoms with van der Waals surface area (Å²) < 4.78 is 52.6. The maximum atomic E-state index is 14.0. The average molecular weight is 400 g/mol. The zero-order valence-electron chi connectivity index (χ0n) is 14.5. The van der Waals surface area contributed by atoms with Gasteiger partial charge in [-0.2, -0.15) is 11.3 Å². The lowest BCUT2D eigenvalue weighted by Gasteiger charge is -2.37. The summed E-state index contributed by atoms with van der Waals surface area (Å²) in [5, 5.41) is 4.04. The number of thiophene rings is 1. The van der Waals surface area contributed by atoms with Crippen LogP contribution in [0.15, 0.2) is 39.9 Å². The number of hydrogen-bond donors (Lipinski definition) is 1. The van der Waals surface area contributed by atoms with Gasteiger partial charge in [-0.15, -0.1) is 0 Å². The van der Waals surface area contributed by atoms with Crippen LogP contribution in [0.25, 0.3) is 0 Å². The largest absolute Gasteiger partial charge is 0.491 e. The van der Waals surface area contributed by atoms with Gasteiger partial charge in [0.1, 0.15) is 0 Å². The molecular formula is C18H22FNO4S2. The molecule has 0 spiro atoms. The van der Waals surface area contributed by atoms with Gasteiger partial charge in [0.05, 0.1) is 11.5 Å². The number of nitrogens with one attached hydrogen (secondary N) is 1. The van der Waals surface area contributed by atoms with Gasteiger partial charge in [-0.25, -0.2) is 17.5 Å². The second-order valence-electron chi connectivity index (χ2n) is 6.25. The summed E-state index contributed by atoms with van der Waals surface area (Å²) in [6.07, 6.45) is 1.48. The lowest BCUT2D eigenvalue weighted by atomic mass is 9.75. The quantitative estimate of drug-likeness (QED) is 0.776. The Labute approximate surface area is 157 Å². The molecule has 142 valence electrons. The van der Waals surface area contributed by atoms with Gasteiger partial charge in [0, 0.05) is 25.2 Å². The summed E-state index contributed by atoms with van der Waals surface area (Å²) in [5.74, 6) is -0.640. The minimum atomic E-state index is -3.83. The van der Waals surface area contributed by atoms with Crippen molar-refractivity contribution in [1.29, 1.82) is 0 Å². The third-order valence-corrected chi connectivity index (χ3v) is 6.78. The van der Waals surface area contributed by atoms with Crippen LogP contribution in [0.4, 0.5) is 4.39 Å². The fourth-order valence-corrected chi connectivity index (χ4v) is 5.05. The van der Waals surface area contributed by atoms with Crippen molar-refractivity contribution < 1.29 is 22.3 Å². The van der Waals surface area contributed by atoms with E-state index >= 15 is 0 Å². The van der Waals surface area contributed by atoms with Gasteiger partial charge in [-0.05, 0) is 60.4 Å². The van der Waals surface area contributed by atoms with Crippen molar-refractivity contribution in [2.24, 2.45) is 0 Å². The first kappa shape index (κ1) is 19.3. The predicted molar refractivity (Wildman–Crippen MR) is 98.8 cm³/mol. The number of ether oxygens (including phenoxy) is 2. The zero-order chi connectivity index (χ0) is 18.6. The summed E-state index contributed by atoms with van der Waals surface area (Å²) in [6, 6.07) is 5.73. The van der Waals surface area contributed by atoms with E-state index in [0.29, 0.717) is 19.8 Å². The fraction of sp³-hybridized carbons (Fsp3) is 0.444. The van der Waals surface area contributed by atoms with Crippen molar-refractivity contribution in [3.05, 3.63) is 46.4 Å². The summed E-state index contributed by atoms with van der Waals surface area (Å²) in [4.78, 5) is -0.106. The fourth-order valence-electron chi connectivity index (χ4n) is 3.13. The molecule has 2 aromatic rings. The third kappa shape index (κ3) is 4.09. The Morgan fingerprint density at radius 1 is 1.31 bits per heavy atom. The van der Waals surface area contributed by atoms with Crippen molar-refractivity contribution in [3.8, 4) is 5.75 Å². The van der Waals surface area contributed by atoms with E-state index in [1.807, 2.05) is 11.4 Å². The molecule has 8 heteroatoms. The minimum absolute atomic E-state index is 0.0469. The Morgan fingerprint density at radius 2 is 2.08 bits per heavy atom. The molecule has 1 aromatic carbocycles. The van der Waals surface area contributed by atoms with Gasteiger partial charge in [-0.1, -0.05) is 0 Å². The smallest absolute Gasteiger partial charge is 0.240 e. The van der Waals surface area contributed by atoms with Crippen LogP contribution in [0.3, 0.4) is 0 Å². The molecule has 0 atom stereocenters. The molecule has 1 saturated heterocycles. The van der Waals surface area contributed by atoms with Crippen LogP contribution >= 0.6 is 11.3 Å². The summed E-state index contributed by atoms with van der Waals surface area (Å²) in [7, 11) is -3.83. The van der Waals surface area contributed by atoms with Crippen molar-refractivity contribution >= 4 is 21.4 Å². The van der Waals surface area contributed by atoms with Crippen LogP contribution in [0.1, 0.15) is 25.3 Å². The van der Waals surface area contributed by atoms with Gasteiger partial charge in [0.25, 0.3) is 0 Å². The summed E-state index contributed by atoms with van der Waals surface area (Å²) >= 11 is 1.59. The Bertz CT molecular complexity index is 831. The Hall–Kier alpha value is -1.48. The van der Waals surface area contributed by atoms with Gasteiger partial charge >= 0.3 is 0 Å². The first-order valence-corrected chi connectivity index (χ1v) is 10.9. The van der Waals surface area contributed by atoms with Crippen LogP contribution in [0.2, 0.25) is 0 Å². The van der Waals surface area contributed by atoms with E-state index in [2.05, 4.69) is 10.1 Å². The van der Waals surface area contributed by atoms with Crippen molar-refractivity contribution in [1.82, 2.24) is 4.72 Å². The van der Waals surface area contributed by atoms with E-state index in [1.165, 1.54) is 12.1 Å². The van der Waals surface area contributed by atoms with Crippen molar-refractivity contribution in [2.45, 2.75) is 30.1 Å². The predicted octanol–water partition coefficient (Wildman–Crippen LogP) is 3.31. The molecule has 1 aliphatic rings. The Balaban J connectivity index is 1.79. The highest BCUT2D eigenvalue weighted by Gasteiger charge is 2.36. The number of rotatable bonds is 7. The topological polar surface area (TPSA) is 64.6 Å². The zero-order valence-corrected chi connectivity index (χ0v) is 16.2. The maximum absolute atomic E-state index is 14.0. The van der Waals surface area contributed by atoms with Gasteiger partial charge in [0.15, 0.2) is 11.6 Å². The molecule has 0 unspecified atom stereocenters. The number of sulfonamides is 1. The monoisotopic (exact) mass is 399 g/mol. The highest BCUT2D eigenvalue weighted by molar-refractivity contribution is 7.89. The normalized spacial score (nSPS) is 17.2. The van der Waals surface area contributed by atoms with E-state index in [0.717, 1.165) is 24.5 Å². The summed E-state index contributed by atoms with van der Waals surface area (Å²) in [5.41, 5.74) is 0.821. The van der Waals surface area contributed by atoms with Crippen LogP contribution < -0.4 is 9.46 Å². The SMILES string of the molecule is CCOc1ccc(S(=O)(=O)NCC2(c3ccsc3)CCOCC2)cc1F. The lowest BCUT2D eigenvalue weighted by Crippen LogP contribution is -2.44. The number of hydrogen-bond acceptors (Lipinski definition) is 5. The highest BCUT2D eigenvalue weighted by atomic mass is 32.2. The van der Waals surface area contributed by atoms with E-state index in [4.69, 9.17) is 9.47 Å². The molecule has 26 heavy (non-hydrogen) atoms. The lowest BCUT2D eigenvalue weighted by molar-refractivity contribution is 0.0518. The van der Waals surface area contributed by atoms with Gasteiger partial charge in [-0.3, -0.25) is 0 Å². The van der Waals surface area contributed by atoms with Crippen LogP contribution in [0.5, 0.6) is 5.75 Å². The van der Waals surface area contributed by atoms with E-state index in [1.54, 1.807) is 18.3 Å². The average Bonchev–Trinajstić information content (AvgIpc) is 3.18.